The third kappa shape index (κ3) is 1.31. The molecule has 4 nitrogen and oxygen atoms in total. The van der Waals surface area contributed by atoms with Crippen LogP contribution in [0.5, 0.6) is 0 Å². The molecule has 1 heterocycles. The summed E-state index contributed by atoms with van der Waals surface area (Å²) in [6.45, 7) is 3.63. The van der Waals surface area contributed by atoms with Crippen molar-refractivity contribution in [3.8, 4) is 0 Å². The number of fused-ring (bicyclic) bond motifs is 1. The molecule has 0 bridgehead atoms. The minimum absolute atomic E-state index is 0.0341. The molecule has 1 saturated carbocycles. The summed E-state index contributed by atoms with van der Waals surface area (Å²) < 4.78 is 10.1. The van der Waals surface area contributed by atoms with Gasteiger partial charge in [-0.3, -0.25) is 4.79 Å². The first kappa shape index (κ1) is 9.24. The lowest BCUT2D eigenvalue weighted by Crippen LogP contribution is -2.12. The van der Waals surface area contributed by atoms with Gasteiger partial charge in [0.05, 0.1) is 12.5 Å². The van der Waals surface area contributed by atoms with E-state index in [1.165, 1.54) is 0 Å². The van der Waals surface area contributed by atoms with Crippen molar-refractivity contribution in [2.24, 2.45) is 11.8 Å². The van der Waals surface area contributed by atoms with Gasteiger partial charge in [0, 0.05) is 5.92 Å². The molecule has 0 N–H and O–H groups in total. The van der Waals surface area contributed by atoms with Crippen molar-refractivity contribution in [2.45, 2.75) is 20.0 Å². The van der Waals surface area contributed by atoms with E-state index in [2.05, 4.69) is 0 Å². The van der Waals surface area contributed by atoms with Gasteiger partial charge in [0.1, 0.15) is 11.9 Å². The normalized spacial score (nSPS) is 32.7. The Hall–Kier alpha value is -1.32. The van der Waals surface area contributed by atoms with E-state index in [4.69, 9.17) is 9.47 Å². The van der Waals surface area contributed by atoms with Crippen LogP contribution < -0.4 is 0 Å². The van der Waals surface area contributed by atoms with E-state index < -0.39 is 5.97 Å². The fourth-order valence-electron chi connectivity index (χ4n) is 1.84. The molecule has 0 spiro atoms. The van der Waals surface area contributed by atoms with Gasteiger partial charge in [-0.15, -0.1) is 0 Å². The molecule has 0 aromatic rings. The number of ether oxygens (including phenoxy) is 2. The Kier molecular flexibility index (Phi) is 2.06. The zero-order valence-corrected chi connectivity index (χ0v) is 8.15. The van der Waals surface area contributed by atoms with E-state index in [0.717, 1.165) is 0 Å². The van der Waals surface area contributed by atoms with Gasteiger partial charge in [0.2, 0.25) is 5.76 Å². The highest BCUT2D eigenvalue weighted by atomic mass is 16.6. The highest BCUT2D eigenvalue weighted by Crippen LogP contribution is 2.49. The zero-order chi connectivity index (χ0) is 10.3. The van der Waals surface area contributed by atoms with Gasteiger partial charge in [-0.2, -0.15) is 0 Å². The number of Topliss-reactive ketones (excluding diaryl/α,β-unsaturated/α-hetero) is 1. The Labute approximate surface area is 81.9 Å². The molecule has 3 atom stereocenters. The number of hydrogen-bond donors (Lipinski definition) is 0. The summed E-state index contributed by atoms with van der Waals surface area (Å²) in [5, 5.41) is 0. The number of hydrogen-bond acceptors (Lipinski definition) is 4. The first-order chi connectivity index (χ1) is 6.65. The van der Waals surface area contributed by atoms with Crippen LogP contribution in [0.15, 0.2) is 11.8 Å². The lowest BCUT2D eigenvalue weighted by Gasteiger charge is -2.06. The summed E-state index contributed by atoms with van der Waals surface area (Å²) in [4.78, 5) is 22.2. The molecular weight excluding hydrogens is 184 g/mol. The van der Waals surface area contributed by atoms with Crippen LogP contribution in [0.1, 0.15) is 13.8 Å². The SMILES string of the molecule is CCOC(=O)C1=CC2C(O1)C2C(C)=O. The standard InChI is InChI=1S/C10H12O4/c1-3-13-10(12)7-4-6-8(5(2)11)9(6)14-7/h4,6,8-9H,3H2,1-2H3. The quantitative estimate of drug-likeness (QED) is 0.622. The first-order valence-electron chi connectivity index (χ1n) is 4.71. The maximum atomic E-state index is 11.2. The maximum absolute atomic E-state index is 11.2. The third-order valence-electron chi connectivity index (χ3n) is 2.56. The summed E-state index contributed by atoms with van der Waals surface area (Å²) >= 11 is 0. The van der Waals surface area contributed by atoms with Gasteiger partial charge in [0.25, 0.3) is 0 Å². The largest absolute Gasteiger partial charge is 0.482 e. The molecule has 3 unspecified atom stereocenters. The molecule has 2 rings (SSSR count). The topological polar surface area (TPSA) is 52.6 Å². The summed E-state index contributed by atoms with van der Waals surface area (Å²) in [6.07, 6.45) is 1.60. The highest BCUT2D eigenvalue weighted by molar-refractivity contribution is 5.89. The fraction of sp³-hybridized carbons (Fsp3) is 0.600. The average molecular weight is 196 g/mol. The summed E-state index contributed by atoms with van der Waals surface area (Å²) in [5.74, 6) is 0.0283. The number of ketones is 1. The minimum Gasteiger partial charge on any atom is -0.482 e. The number of esters is 1. The molecule has 0 aromatic carbocycles. The van der Waals surface area contributed by atoms with Gasteiger partial charge in [-0.25, -0.2) is 4.79 Å². The monoisotopic (exact) mass is 196 g/mol. The lowest BCUT2D eigenvalue weighted by atomic mass is 10.2. The van der Waals surface area contributed by atoms with Crippen LogP contribution in [0.4, 0.5) is 0 Å². The molecule has 76 valence electrons. The molecule has 1 aliphatic carbocycles. The highest BCUT2D eigenvalue weighted by Gasteiger charge is 2.59. The van der Waals surface area contributed by atoms with Crippen molar-refractivity contribution >= 4 is 11.8 Å². The van der Waals surface area contributed by atoms with E-state index in [9.17, 15) is 9.59 Å². The molecule has 0 radical (unpaired) electrons. The summed E-state index contributed by atoms with van der Waals surface area (Å²) in [5.41, 5.74) is 0. The van der Waals surface area contributed by atoms with Crippen LogP contribution in [0, 0.1) is 11.8 Å². The zero-order valence-electron chi connectivity index (χ0n) is 8.15. The van der Waals surface area contributed by atoms with Crippen LogP contribution in [0.25, 0.3) is 0 Å². The van der Waals surface area contributed by atoms with Crippen LogP contribution >= 0.6 is 0 Å². The molecule has 14 heavy (non-hydrogen) atoms. The van der Waals surface area contributed by atoms with Crippen LogP contribution in [-0.4, -0.2) is 24.5 Å². The Bertz CT molecular complexity index is 318. The van der Waals surface area contributed by atoms with Crippen molar-refractivity contribution in [1.82, 2.24) is 0 Å². The molecule has 0 amide bonds. The van der Waals surface area contributed by atoms with Gasteiger partial charge >= 0.3 is 5.97 Å². The predicted molar refractivity (Wildman–Crippen MR) is 47.3 cm³/mol. The average Bonchev–Trinajstić information content (AvgIpc) is 2.63. The number of carbonyl (C=O) groups is 2. The van der Waals surface area contributed by atoms with Crippen molar-refractivity contribution in [2.75, 3.05) is 6.61 Å². The van der Waals surface area contributed by atoms with Crippen LogP contribution in [-0.2, 0) is 19.1 Å². The van der Waals surface area contributed by atoms with Crippen LogP contribution in [0.2, 0.25) is 0 Å². The van der Waals surface area contributed by atoms with E-state index in [1.807, 2.05) is 0 Å². The van der Waals surface area contributed by atoms with Crippen molar-refractivity contribution in [3.05, 3.63) is 11.8 Å². The molecule has 0 saturated heterocycles. The molecule has 2 aliphatic rings. The minimum atomic E-state index is -0.429. The van der Waals surface area contributed by atoms with Crippen molar-refractivity contribution in [3.63, 3.8) is 0 Å². The van der Waals surface area contributed by atoms with E-state index in [1.54, 1.807) is 19.9 Å². The van der Waals surface area contributed by atoms with Gasteiger partial charge in [-0.1, -0.05) is 0 Å². The lowest BCUT2D eigenvalue weighted by molar-refractivity contribution is -0.143. The van der Waals surface area contributed by atoms with Gasteiger partial charge in [-0.05, 0) is 19.9 Å². The van der Waals surface area contributed by atoms with E-state index in [0.29, 0.717) is 6.61 Å². The number of carbonyl (C=O) groups excluding carboxylic acids is 2. The number of rotatable bonds is 3. The van der Waals surface area contributed by atoms with E-state index in [-0.39, 0.29) is 29.5 Å². The van der Waals surface area contributed by atoms with Crippen molar-refractivity contribution < 1.29 is 19.1 Å². The first-order valence-corrected chi connectivity index (χ1v) is 4.71. The second kappa shape index (κ2) is 3.12. The van der Waals surface area contributed by atoms with Gasteiger partial charge in [0.15, 0.2) is 0 Å². The molecule has 1 aliphatic heterocycles. The third-order valence-corrected chi connectivity index (χ3v) is 2.56. The van der Waals surface area contributed by atoms with Crippen LogP contribution in [0.3, 0.4) is 0 Å². The smallest absolute Gasteiger partial charge is 0.373 e. The van der Waals surface area contributed by atoms with Crippen molar-refractivity contribution in [1.29, 1.82) is 0 Å². The molecule has 1 fully saturated rings. The van der Waals surface area contributed by atoms with Gasteiger partial charge < -0.3 is 9.47 Å². The fourth-order valence-corrected chi connectivity index (χ4v) is 1.84. The van der Waals surface area contributed by atoms with E-state index >= 15 is 0 Å². The Morgan fingerprint density at radius 3 is 2.71 bits per heavy atom. The Morgan fingerprint density at radius 2 is 2.29 bits per heavy atom. The molecular formula is C10H12O4. The Balaban J connectivity index is 1.96. The predicted octanol–water partition coefficient (Wildman–Crippen LogP) is 0.667. The Morgan fingerprint density at radius 1 is 1.57 bits per heavy atom. The second-order valence-electron chi connectivity index (χ2n) is 3.55. The molecule has 0 aromatic heterocycles. The maximum Gasteiger partial charge on any atom is 0.373 e. The molecule has 4 heteroatoms. The summed E-state index contributed by atoms with van der Waals surface area (Å²) in [6, 6.07) is 0. The second-order valence-corrected chi connectivity index (χ2v) is 3.55. The summed E-state index contributed by atoms with van der Waals surface area (Å²) in [7, 11) is 0.